The molecule has 29 heavy (non-hydrogen) atoms. The summed E-state index contributed by atoms with van der Waals surface area (Å²) in [6.07, 6.45) is 24.3. The Hall–Kier alpha value is -1.61. The van der Waals surface area contributed by atoms with Crippen LogP contribution in [0.1, 0.15) is 107 Å². The molecule has 162 valence electrons. The molecule has 0 saturated carbocycles. The van der Waals surface area contributed by atoms with E-state index in [4.69, 9.17) is 11.6 Å². The highest BCUT2D eigenvalue weighted by atomic mass is 35.5. The summed E-state index contributed by atoms with van der Waals surface area (Å²) in [7, 11) is 0. The Labute approximate surface area is 183 Å². The maximum atomic E-state index is 11.9. The predicted octanol–water partition coefficient (Wildman–Crippen LogP) is 8.09. The fraction of sp³-hybridized carbons (Fsp3) is 0.600. The molecule has 0 aliphatic carbocycles. The molecule has 0 radical (unpaired) electrons. The van der Waals surface area contributed by atoms with Crippen LogP contribution in [-0.4, -0.2) is 12.1 Å². The molecule has 1 N–H and O–H groups in total. The maximum Gasteiger partial charge on any atom is 0.272 e. The number of carbonyl (C=O) groups is 1. The van der Waals surface area contributed by atoms with Gasteiger partial charge in [0.1, 0.15) is 0 Å². The fourth-order valence-electron chi connectivity index (χ4n) is 3.18. The topological polar surface area (TPSA) is 41.5 Å². The minimum atomic E-state index is -0.267. The lowest BCUT2D eigenvalue weighted by atomic mass is 10.1. The summed E-state index contributed by atoms with van der Waals surface area (Å²) in [6.45, 7) is 2.27. The molecule has 1 rings (SSSR count). The Balaban J connectivity index is 1.88. The van der Waals surface area contributed by atoms with Gasteiger partial charge in [-0.25, -0.2) is 5.43 Å². The van der Waals surface area contributed by atoms with E-state index in [0.717, 1.165) is 12.8 Å². The Bertz CT molecular complexity index is 598. The van der Waals surface area contributed by atoms with Gasteiger partial charge >= 0.3 is 0 Å². The molecule has 4 heteroatoms. The van der Waals surface area contributed by atoms with Crippen molar-refractivity contribution in [2.75, 3.05) is 0 Å². The van der Waals surface area contributed by atoms with Gasteiger partial charge < -0.3 is 0 Å². The van der Waals surface area contributed by atoms with E-state index in [1.807, 2.05) is 0 Å². The number of unbranched alkanes of at least 4 members (excludes halogenated alkanes) is 12. The monoisotopic (exact) mass is 418 g/mol. The highest BCUT2D eigenvalue weighted by molar-refractivity contribution is 6.33. The summed E-state index contributed by atoms with van der Waals surface area (Å²) in [6, 6.07) is 6.98. The smallest absolute Gasteiger partial charge is 0.267 e. The quantitative estimate of drug-likeness (QED) is 0.118. The number of carbonyl (C=O) groups excluding carboxylic acids is 1. The molecule has 1 aromatic rings. The first-order chi connectivity index (χ1) is 14.3. The first-order valence-corrected chi connectivity index (χ1v) is 11.8. The van der Waals surface area contributed by atoms with E-state index >= 15 is 0 Å². The zero-order valence-corrected chi connectivity index (χ0v) is 18.9. The minimum Gasteiger partial charge on any atom is -0.267 e. The molecular formula is C25H39ClN2O. The molecule has 1 aromatic carbocycles. The number of hydrogen-bond donors (Lipinski definition) is 1. The average Bonchev–Trinajstić information content (AvgIpc) is 2.73. The van der Waals surface area contributed by atoms with Crippen LogP contribution in [0, 0.1) is 0 Å². The number of nitrogens with one attached hydrogen (secondary N) is 1. The number of benzene rings is 1. The number of nitrogens with zero attached hydrogens (tertiary/aromatic N) is 1. The van der Waals surface area contributed by atoms with Gasteiger partial charge in [-0.1, -0.05) is 94.2 Å². The van der Waals surface area contributed by atoms with Gasteiger partial charge in [-0.3, -0.25) is 4.79 Å². The highest BCUT2D eigenvalue weighted by Crippen LogP contribution is 2.14. The Morgan fingerprint density at radius 3 is 2.03 bits per heavy atom. The third-order valence-corrected chi connectivity index (χ3v) is 5.30. The molecule has 0 saturated heterocycles. The van der Waals surface area contributed by atoms with Gasteiger partial charge in [-0.15, -0.1) is 0 Å². The first-order valence-electron chi connectivity index (χ1n) is 11.5. The van der Waals surface area contributed by atoms with Gasteiger partial charge in [0.15, 0.2) is 0 Å². The number of allylic oxidation sites excluding steroid dienone is 2. The lowest BCUT2D eigenvalue weighted by molar-refractivity contribution is 0.0955. The van der Waals surface area contributed by atoms with Crippen LogP contribution in [0.4, 0.5) is 0 Å². The van der Waals surface area contributed by atoms with Crippen LogP contribution >= 0.6 is 11.6 Å². The first kappa shape index (κ1) is 25.4. The Morgan fingerprint density at radius 1 is 0.862 bits per heavy atom. The molecule has 0 heterocycles. The van der Waals surface area contributed by atoms with Crippen LogP contribution in [0.2, 0.25) is 5.02 Å². The number of amides is 1. The van der Waals surface area contributed by atoms with Gasteiger partial charge in [-0.05, 0) is 50.7 Å². The third-order valence-electron chi connectivity index (χ3n) is 4.97. The van der Waals surface area contributed by atoms with Crippen molar-refractivity contribution < 1.29 is 4.79 Å². The predicted molar refractivity (Wildman–Crippen MR) is 127 cm³/mol. The summed E-state index contributed by atoms with van der Waals surface area (Å²) in [5.41, 5.74) is 2.98. The lowest BCUT2D eigenvalue weighted by Crippen LogP contribution is -2.17. The summed E-state index contributed by atoms with van der Waals surface area (Å²) >= 11 is 5.99. The maximum absolute atomic E-state index is 11.9. The second-order valence-electron chi connectivity index (χ2n) is 7.61. The number of hydrazone groups is 1. The van der Waals surface area contributed by atoms with E-state index in [1.165, 1.54) is 77.0 Å². The van der Waals surface area contributed by atoms with Crippen LogP contribution in [0.5, 0.6) is 0 Å². The van der Waals surface area contributed by atoms with Gasteiger partial charge in [0.25, 0.3) is 5.91 Å². The molecule has 0 atom stereocenters. The molecule has 0 spiro atoms. The van der Waals surface area contributed by atoms with Crippen molar-refractivity contribution in [3.8, 4) is 0 Å². The van der Waals surface area contributed by atoms with Crippen LogP contribution in [0.3, 0.4) is 0 Å². The summed E-state index contributed by atoms with van der Waals surface area (Å²) in [5, 5.41) is 4.44. The van der Waals surface area contributed by atoms with E-state index in [9.17, 15) is 4.79 Å². The van der Waals surface area contributed by atoms with Crippen LogP contribution in [0.25, 0.3) is 0 Å². The fourth-order valence-corrected chi connectivity index (χ4v) is 3.40. The average molecular weight is 419 g/mol. The molecule has 0 unspecified atom stereocenters. The molecule has 1 amide bonds. The zero-order chi connectivity index (χ0) is 21.0. The van der Waals surface area contributed by atoms with Crippen molar-refractivity contribution in [2.45, 2.75) is 96.8 Å². The van der Waals surface area contributed by atoms with Crippen LogP contribution < -0.4 is 5.43 Å². The summed E-state index contributed by atoms with van der Waals surface area (Å²) in [4.78, 5) is 11.9. The Kier molecular flexibility index (Phi) is 16.2. The Morgan fingerprint density at radius 2 is 1.41 bits per heavy atom. The van der Waals surface area contributed by atoms with Crippen molar-refractivity contribution >= 4 is 23.7 Å². The molecule has 0 bridgehead atoms. The number of hydrogen-bond acceptors (Lipinski definition) is 2. The number of halogens is 1. The SMILES string of the molecule is CCCCCCCC/C=C\CCCCCCC/C=N/NC(=O)c1ccccc1Cl. The van der Waals surface area contributed by atoms with E-state index in [0.29, 0.717) is 10.6 Å². The van der Waals surface area contributed by atoms with Gasteiger partial charge in [0.05, 0.1) is 10.6 Å². The molecule has 0 fully saturated rings. The van der Waals surface area contributed by atoms with Crippen molar-refractivity contribution in [3.63, 3.8) is 0 Å². The van der Waals surface area contributed by atoms with Crippen LogP contribution in [0.15, 0.2) is 41.5 Å². The third kappa shape index (κ3) is 14.1. The van der Waals surface area contributed by atoms with Crippen LogP contribution in [-0.2, 0) is 0 Å². The second kappa shape index (κ2) is 18.4. The molecular weight excluding hydrogens is 380 g/mol. The van der Waals surface area contributed by atoms with Gasteiger partial charge in [0, 0.05) is 6.21 Å². The number of rotatable bonds is 17. The standard InChI is InChI=1S/C25H39ClN2O/c1-2-3-4-5-6-7-8-9-10-11-12-13-14-15-16-19-22-27-28-25(29)23-20-17-18-21-24(23)26/h9-10,17-18,20-22H,2-8,11-16,19H2,1H3,(H,28,29)/b10-9-,27-22+. The molecule has 3 nitrogen and oxygen atoms in total. The largest absolute Gasteiger partial charge is 0.272 e. The van der Waals surface area contributed by atoms with Gasteiger partial charge in [-0.2, -0.15) is 5.10 Å². The lowest BCUT2D eigenvalue weighted by Gasteiger charge is -2.01. The van der Waals surface area contributed by atoms with E-state index in [2.05, 4.69) is 29.6 Å². The summed E-state index contributed by atoms with van der Waals surface area (Å²) in [5.74, 6) is -0.267. The van der Waals surface area contributed by atoms with Crippen molar-refractivity contribution in [1.82, 2.24) is 5.43 Å². The minimum absolute atomic E-state index is 0.267. The summed E-state index contributed by atoms with van der Waals surface area (Å²) < 4.78 is 0. The highest BCUT2D eigenvalue weighted by Gasteiger charge is 2.07. The second-order valence-corrected chi connectivity index (χ2v) is 8.01. The molecule has 0 aliphatic heterocycles. The normalized spacial score (nSPS) is 11.5. The molecule has 0 aromatic heterocycles. The zero-order valence-electron chi connectivity index (χ0n) is 18.2. The molecule has 0 aliphatic rings. The van der Waals surface area contributed by atoms with E-state index in [-0.39, 0.29) is 5.91 Å². The van der Waals surface area contributed by atoms with E-state index < -0.39 is 0 Å². The van der Waals surface area contributed by atoms with E-state index in [1.54, 1.807) is 30.5 Å². The van der Waals surface area contributed by atoms with Gasteiger partial charge in [0.2, 0.25) is 0 Å². The van der Waals surface area contributed by atoms with Crippen molar-refractivity contribution in [1.29, 1.82) is 0 Å². The van der Waals surface area contributed by atoms with Crippen molar-refractivity contribution in [2.24, 2.45) is 5.10 Å². The van der Waals surface area contributed by atoms with Crippen molar-refractivity contribution in [3.05, 3.63) is 47.0 Å².